The predicted octanol–water partition coefficient (Wildman–Crippen LogP) is 6.84. The summed E-state index contributed by atoms with van der Waals surface area (Å²) < 4.78 is 18.2. The Bertz CT molecular complexity index is 1500. The Morgan fingerprint density at radius 1 is 1.00 bits per heavy atom. The van der Waals surface area contributed by atoms with Crippen LogP contribution in [0.15, 0.2) is 16.7 Å². The molecule has 216 valence electrons. The van der Waals surface area contributed by atoms with Crippen molar-refractivity contribution in [3.63, 3.8) is 0 Å². The molecule has 4 heterocycles. The van der Waals surface area contributed by atoms with Crippen LogP contribution < -0.4 is 4.90 Å². The highest BCUT2D eigenvalue weighted by Gasteiger charge is 2.49. The number of carbonyl (C=O) groups excluding carboxylic acids is 2. The summed E-state index contributed by atoms with van der Waals surface area (Å²) in [5, 5.41) is 5.60. The second-order valence-electron chi connectivity index (χ2n) is 13.2. The zero-order chi connectivity index (χ0) is 27.9. The molecule has 4 bridgehead atoms. The molecule has 2 aliphatic heterocycles. The molecule has 0 radical (unpaired) electrons. The number of nitrogens with zero attached hydrogens (tertiary/aromatic N) is 3. The lowest BCUT2D eigenvalue weighted by Crippen LogP contribution is -2.46. The van der Waals surface area contributed by atoms with E-state index in [1.807, 2.05) is 19.1 Å². The molecule has 1 unspecified atom stereocenters. The van der Waals surface area contributed by atoms with Crippen LogP contribution in [0.5, 0.6) is 0 Å². The molecule has 8 nitrogen and oxygen atoms in total. The fourth-order valence-electron chi connectivity index (χ4n) is 8.37. The number of benzene rings is 1. The summed E-state index contributed by atoms with van der Waals surface area (Å²) in [5.74, 6) is 1.40. The Morgan fingerprint density at radius 3 is 2.37 bits per heavy atom. The van der Waals surface area contributed by atoms with Crippen LogP contribution >= 0.6 is 11.3 Å². The topological polar surface area (TPSA) is 94.8 Å². The highest BCUT2D eigenvalue weighted by molar-refractivity contribution is 7.22. The van der Waals surface area contributed by atoms with Gasteiger partial charge in [-0.3, -0.25) is 0 Å². The van der Waals surface area contributed by atoms with E-state index in [0.29, 0.717) is 17.0 Å². The predicted molar refractivity (Wildman–Crippen MR) is 155 cm³/mol. The second kappa shape index (κ2) is 9.54. The van der Waals surface area contributed by atoms with Crippen molar-refractivity contribution in [3.05, 3.63) is 40.3 Å². The number of piperidine rings is 1. The van der Waals surface area contributed by atoms with Gasteiger partial charge in [-0.05, 0) is 94.7 Å². The smallest absolute Gasteiger partial charge is 0.344 e. The molecule has 2 saturated heterocycles. The molecule has 2 aromatic heterocycles. The maximum atomic E-state index is 13.9. The van der Waals surface area contributed by atoms with E-state index in [0.717, 1.165) is 96.1 Å². The van der Waals surface area contributed by atoms with Crippen molar-refractivity contribution in [1.29, 1.82) is 0 Å². The van der Waals surface area contributed by atoms with E-state index in [2.05, 4.69) is 10.1 Å². The number of hydrogen-bond acceptors (Lipinski definition) is 9. The van der Waals surface area contributed by atoms with Gasteiger partial charge in [-0.2, -0.15) is 0 Å². The summed E-state index contributed by atoms with van der Waals surface area (Å²) in [7, 11) is 1.41. The van der Waals surface area contributed by atoms with E-state index in [1.165, 1.54) is 26.4 Å². The summed E-state index contributed by atoms with van der Waals surface area (Å²) in [4.78, 5) is 33.5. The molecule has 9 heteroatoms. The van der Waals surface area contributed by atoms with Gasteiger partial charge in [-0.1, -0.05) is 16.5 Å². The van der Waals surface area contributed by atoms with E-state index in [9.17, 15) is 9.59 Å². The average molecular weight is 576 g/mol. The molecule has 3 atom stereocenters. The molecular formula is C32H37N3O5S. The number of hydrogen-bond donors (Lipinski definition) is 0. The Balaban J connectivity index is 1.03. The third-order valence-corrected chi connectivity index (χ3v) is 11.8. The van der Waals surface area contributed by atoms with Crippen LogP contribution in [-0.4, -0.2) is 47.4 Å². The van der Waals surface area contributed by atoms with Gasteiger partial charge in [0.2, 0.25) is 0 Å². The van der Waals surface area contributed by atoms with Crippen molar-refractivity contribution in [2.24, 2.45) is 5.92 Å². The second-order valence-corrected chi connectivity index (χ2v) is 14.2. The van der Waals surface area contributed by atoms with Crippen LogP contribution in [0.2, 0.25) is 0 Å². The standard InChI is InChI=1S/C32H37N3O5S/c1-17-13-20(29(36)38-2)14-24-26(17)33-31(41-24)35-21-5-6-22(35)16-23(15-21)39-30(37)25-27(19-3-4-19)40-34-28(25)32-10-7-18(8-11-32)9-12-32/h13-14,18-19,21-23H,3-12,15-16H2,1-2H3/t18?,21-,22+,23?,32?. The van der Waals surface area contributed by atoms with Gasteiger partial charge < -0.3 is 18.9 Å². The summed E-state index contributed by atoms with van der Waals surface area (Å²) in [6.45, 7) is 1.99. The number of aryl methyl sites for hydroxylation is 1. The number of methoxy groups -OCH3 is 1. The SMILES string of the molecule is COC(=O)c1cc(C)c2nc(N3[C@@H]4CC[C@H]3CC(OC(=O)c3c(C56CCC(CC5)CC6)noc3C3CC3)C4)sc2c1. The Kier molecular flexibility index (Phi) is 5.99. The molecule has 4 aliphatic carbocycles. The van der Waals surface area contributed by atoms with Gasteiger partial charge in [0.25, 0.3) is 0 Å². The van der Waals surface area contributed by atoms with Gasteiger partial charge in [-0.25, -0.2) is 14.6 Å². The lowest BCUT2D eigenvalue weighted by Gasteiger charge is -2.45. The first-order valence-electron chi connectivity index (χ1n) is 15.4. The van der Waals surface area contributed by atoms with Crippen molar-refractivity contribution < 1.29 is 23.6 Å². The number of anilines is 1. The average Bonchev–Trinajstić information content (AvgIpc) is 3.47. The number of aromatic nitrogens is 2. The van der Waals surface area contributed by atoms with E-state index >= 15 is 0 Å². The monoisotopic (exact) mass is 575 g/mol. The lowest BCUT2D eigenvalue weighted by molar-refractivity contribution is 0.0195. The fourth-order valence-corrected chi connectivity index (χ4v) is 9.59. The van der Waals surface area contributed by atoms with Crippen molar-refractivity contribution >= 4 is 38.6 Å². The molecule has 3 aromatic rings. The minimum absolute atomic E-state index is 0.0131. The molecule has 6 fully saturated rings. The summed E-state index contributed by atoms with van der Waals surface area (Å²) >= 11 is 1.63. The summed E-state index contributed by atoms with van der Waals surface area (Å²) in [5.41, 5.74) is 4.03. The van der Waals surface area contributed by atoms with Crippen LogP contribution in [0.25, 0.3) is 10.2 Å². The minimum atomic E-state index is -0.329. The maximum Gasteiger partial charge on any atom is 0.344 e. The summed E-state index contributed by atoms with van der Waals surface area (Å²) in [6.07, 6.45) is 12.8. The third-order valence-electron chi connectivity index (χ3n) is 10.7. The van der Waals surface area contributed by atoms with Crippen molar-refractivity contribution in [2.75, 3.05) is 12.0 Å². The van der Waals surface area contributed by atoms with Gasteiger partial charge in [0.05, 0.1) is 22.9 Å². The van der Waals surface area contributed by atoms with E-state index in [-0.39, 0.29) is 35.5 Å². The number of esters is 2. The van der Waals surface area contributed by atoms with Crippen LogP contribution in [0.1, 0.15) is 121 Å². The highest BCUT2D eigenvalue weighted by Crippen LogP contribution is 2.54. The molecule has 0 spiro atoms. The van der Waals surface area contributed by atoms with Gasteiger partial charge in [-0.15, -0.1) is 0 Å². The number of thiazole rings is 1. The van der Waals surface area contributed by atoms with Gasteiger partial charge in [0.1, 0.15) is 17.4 Å². The molecule has 41 heavy (non-hydrogen) atoms. The fraction of sp³-hybridized carbons (Fsp3) is 0.625. The molecular weight excluding hydrogens is 538 g/mol. The Morgan fingerprint density at radius 2 is 1.71 bits per heavy atom. The van der Waals surface area contributed by atoms with Crippen molar-refractivity contribution in [2.45, 2.75) is 113 Å². The third kappa shape index (κ3) is 4.21. The van der Waals surface area contributed by atoms with Gasteiger partial charge in [0, 0.05) is 36.3 Å². The molecule has 6 aliphatic rings. The highest BCUT2D eigenvalue weighted by atomic mass is 32.1. The quantitative estimate of drug-likeness (QED) is 0.295. The Hall–Kier alpha value is -2.94. The van der Waals surface area contributed by atoms with Crippen molar-refractivity contribution in [3.8, 4) is 0 Å². The first kappa shape index (κ1) is 25.7. The van der Waals surface area contributed by atoms with E-state index < -0.39 is 0 Å². The molecule has 1 aromatic carbocycles. The first-order valence-corrected chi connectivity index (χ1v) is 16.2. The molecule has 4 saturated carbocycles. The first-order chi connectivity index (χ1) is 19.9. The van der Waals surface area contributed by atoms with Gasteiger partial charge >= 0.3 is 11.9 Å². The molecule has 0 amide bonds. The van der Waals surface area contributed by atoms with Crippen LogP contribution in [0, 0.1) is 12.8 Å². The maximum absolute atomic E-state index is 13.9. The zero-order valence-electron chi connectivity index (χ0n) is 23.8. The van der Waals surface area contributed by atoms with E-state index in [1.54, 1.807) is 11.3 Å². The van der Waals surface area contributed by atoms with Crippen LogP contribution in [-0.2, 0) is 14.9 Å². The van der Waals surface area contributed by atoms with Crippen molar-refractivity contribution in [1.82, 2.24) is 10.1 Å². The number of fused-ring (bicyclic) bond motifs is 6. The number of ether oxygens (including phenoxy) is 2. The molecule has 9 rings (SSSR count). The number of rotatable bonds is 6. The summed E-state index contributed by atoms with van der Waals surface area (Å²) in [6, 6.07) is 4.30. The molecule has 0 N–H and O–H groups in total. The van der Waals surface area contributed by atoms with Gasteiger partial charge in [0.15, 0.2) is 10.9 Å². The number of carbonyl (C=O) groups is 2. The largest absolute Gasteiger partial charge is 0.465 e. The Labute approximate surface area is 243 Å². The van der Waals surface area contributed by atoms with E-state index in [4.69, 9.17) is 19.0 Å². The zero-order valence-corrected chi connectivity index (χ0v) is 24.6. The van der Waals surface area contributed by atoms with Crippen LogP contribution in [0.3, 0.4) is 0 Å². The lowest BCUT2D eigenvalue weighted by atomic mass is 9.59. The minimum Gasteiger partial charge on any atom is -0.465 e. The van der Waals surface area contributed by atoms with Crippen LogP contribution in [0.4, 0.5) is 5.13 Å². The normalized spacial score (nSPS) is 30.6.